The summed E-state index contributed by atoms with van der Waals surface area (Å²) in [5, 5.41) is 9.18. The van der Waals surface area contributed by atoms with Crippen molar-refractivity contribution in [2.24, 2.45) is 0 Å². The number of hydrogen-bond donors (Lipinski definition) is 1. The summed E-state index contributed by atoms with van der Waals surface area (Å²) in [6.07, 6.45) is 2.28. The van der Waals surface area contributed by atoms with Gasteiger partial charge in [-0.15, -0.1) is 0 Å². The van der Waals surface area contributed by atoms with Crippen LogP contribution in [-0.2, 0) is 4.79 Å². The Morgan fingerprint density at radius 2 is 2.14 bits per heavy atom. The molecule has 0 aromatic rings. The number of nitrogens with zero attached hydrogens (tertiary/aromatic N) is 2. The number of amides is 1. The Bertz CT molecular complexity index is 236. The highest BCUT2D eigenvalue weighted by Gasteiger charge is 2.42. The van der Waals surface area contributed by atoms with Crippen molar-refractivity contribution in [2.75, 3.05) is 20.2 Å². The number of piperazine rings is 1. The molecular weight excluding hydrogens is 180 g/mol. The maximum atomic E-state index is 11.9. The van der Waals surface area contributed by atoms with Crippen LogP contribution >= 0.6 is 0 Å². The van der Waals surface area contributed by atoms with E-state index in [0.717, 1.165) is 19.4 Å². The molecule has 0 bridgehead atoms. The highest BCUT2D eigenvalue weighted by molar-refractivity contribution is 5.83. The molecule has 4 heteroatoms. The molecule has 0 aromatic carbocycles. The van der Waals surface area contributed by atoms with Gasteiger partial charge in [-0.1, -0.05) is 0 Å². The smallest absolute Gasteiger partial charge is 0.242 e. The Morgan fingerprint density at radius 3 is 2.64 bits per heavy atom. The van der Waals surface area contributed by atoms with E-state index >= 15 is 0 Å². The second kappa shape index (κ2) is 3.51. The third-order valence-corrected chi connectivity index (χ3v) is 3.38. The molecule has 2 aliphatic rings. The molecule has 2 atom stereocenters. The fourth-order valence-electron chi connectivity index (χ4n) is 2.10. The van der Waals surface area contributed by atoms with Gasteiger partial charge in [-0.05, 0) is 26.8 Å². The molecule has 1 saturated carbocycles. The maximum Gasteiger partial charge on any atom is 0.242 e. The topological polar surface area (TPSA) is 43.8 Å². The van der Waals surface area contributed by atoms with Crippen molar-refractivity contribution >= 4 is 5.91 Å². The van der Waals surface area contributed by atoms with Crippen LogP contribution in [0.15, 0.2) is 0 Å². The largest absolute Gasteiger partial charge is 0.394 e. The van der Waals surface area contributed by atoms with Gasteiger partial charge in [0.1, 0.15) is 6.04 Å². The van der Waals surface area contributed by atoms with E-state index in [1.165, 1.54) is 0 Å². The van der Waals surface area contributed by atoms with E-state index in [2.05, 4.69) is 6.92 Å². The molecule has 2 unspecified atom stereocenters. The molecule has 2 fully saturated rings. The Morgan fingerprint density at radius 1 is 1.50 bits per heavy atom. The van der Waals surface area contributed by atoms with Gasteiger partial charge in [-0.3, -0.25) is 9.69 Å². The van der Waals surface area contributed by atoms with Gasteiger partial charge in [0.25, 0.3) is 0 Å². The van der Waals surface area contributed by atoms with Crippen molar-refractivity contribution in [1.82, 2.24) is 9.80 Å². The van der Waals surface area contributed by atoms with Gasteiger partial charge in [-0.2, -0.15) is 0 Å². The van der Waals surface area contributed by atoms with Gasteiger partial charge >= 0.3 is 0 Å². The van der Waals surface area contributed by atoms with E-state index in [-0.39, 0.29) is 18.6 Å². The van der Waals surface area contributed by atoms with E-state index in [1.807, 2.05) is 16.8 Å². The molecule has 2 rings (SSSR count). The molecule has 0 aromatic heterocycles. The fourth-order valence-corrected chi connectivity index (χ4v) is 2.10. The van der Waals surface area contributed by atoms with Crippen LogP contribution in [0.4, 0.5) is 0 Å². The van der Waals surface area contributed by atoms with E-state index in [4.69, 9.17) is 0 Å². The summed E-state index contributed by atoms with van der Waals surface area (Å²) in [4.78, 5) is 15.8. The first-order valence-electron chi connectivity index (χ1n) is 5.28. The van der Waals surface area contributed by atoms with Gasteiger partial charge in [-0.25, -0.2) is 0 Å². The molecule has 1 heterocycles. The summed E-state index contributed by atoms with van der Waals surface area (Å²) in [6.45, 7) is 2.85. The Balaban J connectivity index is 2.11. The Labute approximate surface area is 84.5 Å². The standard InChI is InChI=1S/C10H18N2O2/c1-7-5-12(8-3-4-8)10(14)9(6-13)11(7)2/h7-9,13H,3-6H2,1-2H3. The lowest BCUT2D eigenvalue weighted by Crippen LogP contribution is -2.61. The molecule has 1 aliphatic carbocycles. The summed E-state index contributed by atoms with van der Waals surface area (Å²) in [5.41, 5.74) is 0. The first kappa shape index (κ1) is 9.93. The summed E-state index contributed by atoms with van der Waals surface area (Å²) in [5.74, 6) is 0.107. The van der Waals surface area contributed by atoms with E-state index in [1.54, 1.807) is 0 Å². The second-order valence-corrected chi connectivity index (χ2v) is 4.43. The van der Waals surface area contributed by atoms with Crippen molar-refractivity contribution in [1.29, 1.82) is 0 Å². The summed E-state index contributed by atoms with van der Waals surface area (Å²) in [6, 6.07) is 0.498. The highest BCUT2D eigenvalue weighted by Crippen LogP contribution is 2.30. The van der Waals surface area contributed by atoms with Crippen LogP contribution in [0.3, 0.4) is 0 Å². The highest BCUT2D eigenvalue weighted by atomic mass is 16.3. The Kier molecular flexibility index (Phi) is 2.49. The molecule has 1 aliphatic heterocycles. The number of aliphatic hydroxyl groups is 1. The first-order chi connectivity index (χ1) is 6.65. The van der Waals surface area contributed by atoms with Crippen LogP contribution in [0.25, 0.3) is 0 Å². The third kappa shape index (κ3) is 1.53. The number of carbonyl (C=O) groups excluding carboxylic acids is 1. The molecule has 1 amide bonds. The predicted molar refractivity (Wildman–Crippen MR) is 52.8 cm³/mol. The van der Waals surface area contributed by atoms with Crippen LogP contribution in [0, 0.1) is 0 Å². The summed E-state index contributed by atoms with van der Waals surface area (Å²) in [7, 11) is 1.91. The molecule has 1 N–H and O–H groups in total. The minimum atomic E-state index is -0.320. The van der Waals surface area contributed by atoms with Crippen LogP contribution < -0.4 is 0 Å². The monoisotopic (exact) mass is 198 g/mol. The lowest BCUT2D eigenvalue weighted by Gasteiger charge is -2.42. The van der Waals surface area contributed by atoms with Gasteiger partial charge in [0.15, 0.2) is 0 Å². The van der Waals surface area contributed by atoms with Crippen molar-refractivity contribution in [3.05, 3.63) is 0 Å². The quantitative estimate of drug-likeness (QED) is 0.661. The van der Waals surface area contributed by atoms with Crippen LogP contribution in [0.5, 0.6) is 0 Å². The third-order valence-electron chi connectivity index (χ3n) is 3.38. The predicted octanol–water partition coefficient (Wildman–Crippen LogP) is -0.328. The molecule has 14 heavy (non-hydrogen) atoms. The zero-order chi connectivity index (χ0) is 10.3. The SMILES string of the molecule is CC1CN(C2CC2)C(=O)C(CO)N1C. The average Bonchev–Trinajstić information content (AvgIpc) is 2.96. The zero-order valence-corrected chi connectivity index (χ0v) is 8.81. The minimum Gasteiger partial charge on any atom is -0.394 e. The zero-order valence-electron chi connectivity index (χ0n) is 8.81. The lowest BCUT2D eigenvalue weighted by atomic mass is 10.1. The van der Waals surface area contributed by atoms with Crippen molar-refractivity contribution in [2.45, 2.75) is 37.9 Å². The summed E-state index contributed by atoms with van der Waals surface area (Å²) < 4.78 is 0. The number of carbonyl (C=O) groups is 1. The number of aliphatic hydroxyl groups excluding tert-OH is 1. The van der Waals surface area contributed by atoms with Crippen molar-refractivity contribution < 1.29 is 9.90 Å². The molecule has 80 valence electrons. The van der Waals surface area contributed by atoms with Crippen molar-refractivity contribution in [3.63, 3.8) is 0 Å². The maximum absolute atomic E-state index is 11.9. The normalized spacial score (nSPS) is 35.1. The lowest BCUT2D eigenvalue weighted by molar-refractivity contribution is -0.146. The first-order valence-corrected chi connectivity index (χ1v) is 5.28. The fraction of sp³-hybridized carbons (Fsp3) is 0.900. The molecule has 0 radical (unpaired) electrons. The summed E-state index contributed by atoms with van der Waals surface area (Å²) >= 11 is 0. The molecular formula is C10H18N2O2. The molecule has 1 saturated heterocycles. The van der Waals surface area contributed by atoms with Gasteiger partial charge < -0.3 is 10.0 Å². The van der Waals surface area contributed by atoms with E-state index in [0.29, 0.717) is 12.1 Å². The number of hydrogen-bond acceptors (Lipinski definition) is 3. The number of rotatable bonds is 2. The number of likely N-dealkylation sites (N-methyl/N-ethyl adjacent to an activating group) is 1. The molecule has 4 nitrogen and oxygen atoms in total. The average molecular weight is 198 g/mol. The van der Waals surface area contributed by atoms with E-state index in [9.17, 15) is 9.90 Å². The van der Waals surface area contributed by atoms with Crippen LogP contribution in [0.2, 0.25) is 0 Å². The van der Waals surface area contributed by atoms with Crippen LogP contribution in [0.1, 0.15) is 19.8 Å². The Hall–Kier alpha value is -0.610. The van der Waals surface area contributed by atoms with E-state index < -0.39 is 0 Å². The second-order valence-electron chi connectivity index (χ2n) is 4.43. The van der Waals surface area contributed by atoms with Gasteiger partial charge in [0.2, 0.25) is 5.91 Å². The van der Waals surface area contributed by atoms with Gasteiger partial charge in [0.05, 0.1) is 6.61 Å². The minimum absolute atomic E-state index is 0.0666. The van der Waals surface area contributed by atoms with Gasteiger partial charge in [0, 0.05) is 18.6 Å². The van der Waals surface area contributed by atoms with Crippen LogP contribution in [-0.4, -0.2) is 59.1 Å². The molecule has 0 spiro atoms. The van der Waals surface area contributed by atoms with Crippen molar-refractivity contribution in [3.8, 4) is 0 Å².